The maximum absolute atomic E-state index is 12.3. The van der Waals surface area contributed by atoms with Crippen LogP contribution in [0.2, 0.25) is 0 Å². The summed E-state index contributed by atoms with van der Waals surface area (Å²) in [5.74, 6) is 1.05. The van der Waals surface area contributed by atoms with Crippen molar-refractivity contribution in [3.63, 3.8) is 0 Å². The van der Waals surface area contributed by atoms with Crippen LogP contribution in [-0.4, -0.2) is 68.7 Å². The minimum absolute atomic E-state index is 0.105. The lowest BCUT2D eigenvalue weighted by Gasteiger charge is -2.35. The minimum Gasteiger partial charge on any atom is -0.480 e. The van der Waals surface area contributed by atoms with Gasteiger partial charge in [-0.1, -0.05) is 6.92 Å². The van der Waals surface area contributed by atoms with E-state index in [0.717, 1.165) is 25.3 Å². The maximum Gasteiger partial charge on any atom is 0.327 e. The van der Waals surface area contributed by atoms with Gasteiger partial charge in [0.2, 0.25) is 0 Å². The van der Waals surface area contributed by atoms with Gasteiger partial charge in [0.15, 0.2) is 0 Å². The molecule has 0 aliphatic carbocycles. The fraction of sp³-hybridized carbons (Fsp3) is 0.818. The summed E-state index contributed by atoms with van der Waals surface area (Å²) in [7, 11) is 0. The molecule has 2 fully saturated rings. The largest absolute Gasteiger partial charge is 0.480 e. The number of carboxylic acid groups (broad SMARTS) is 1. The second-order valence-electron chi connectivity index (χ2n) is 4.45. The van der Waals surface area contributed by atoms with Gasteiger partial charge in [-0.15, -0.1) is 11.8 Å². The van der Waals surface area contributed by atoms with Crippen molar-refractivity contribution in [1.29, 1.82) is 0 Å². The first-order valence-corrected chi connectivity index (χ1v) is 8.31. The molecule has 102 valence electrons. The van der Waals surface area contributed by atoms with E-state index in [0.29, 0.717) is 16.9 Å². The van der Waals surface area contributed by atoms with Gasteiger partial charge in [-0.05, 0) is 6.42 Å². The molecule has 0 spiro atoms. The Labute approximate surface area is 115 Å². The highest BCUT2D eigenvalue weighted by molar-refractivity contribution is 8.00. The lowest BCUT2D eigenvalue weighted by atomic mass is 10.3. The highest BCUT2D eigenvalue weighted by atomic mass is 32.2. The third-order valence-corrected chi connectivity index (χ3v) is 5.66. The Hall–Kier alpha value is -0.560. The normalized spacial score (nSPS) is 28.5. The van der Waals surface area contributed by atoms with Crippen molar-refractivity contribution < 1.29 is 14.7 Å². The molecule has 0 radical (unpaired) electrons. The molecule has 5 nitrogen and oxygen atoms in total. The molecule has 0 aromatic rings. The molecule has 2 aliphatic heterocycles. The van der Waals surface area contributed by atoms with Gasteiger partial charge in [-0.25, -0.2) is 9.59 Å². The van der Waals surface area contributed by atoms with Gasteiger partial charge in [0.25, 0.3) is 0 Å². The molecule has 1 N–H and O–H groups in total. The van der Waals surface area contributed by atoms with Crippen molar-refractivity contribution in [3.05, 3.63) is 0 Å². The fourth-order valence-electron chi connectivity index (χ4n) is 2.16. The third-order valence-electron chi connectivity index (χ3n) is 3.28. The predicted molar refractivity (Wildman–Crippen MR) is 74.1 cm³/mol. The van der Waals surface area contributed by atoms with Crippen LogP contribution < -0.4 is 0 Å². The third kappa shape index (κ3) is 2.88. The van der Waals surface area contributed by atoms with Gasteiger partial charge in [-0.3, -0.25) is 0 Å². The van der Waals surface area contributed by atoms with Gasteiger partial charge in [0.1, 0.15) is 6.04 Å². The fourth-order valence-corrected chi connectivity index (χ4v) is 4.48. The molecule has 0 aromatic carbocycles. The predicted octanol–water partition coefficient (Wildman–Crippen LogP) is 1.39. The molecule has 1 unspecified atom stereocenters. The van der Waals surface area contributed by atoms with E-state index in [-0.39, 0.29) is 6.03 Å². The Bertz CT molecular complexity index is 340. The summed E-state index contributed by atoms with van der Waals surface area (Å²) in [5.41, 5.74) is 0. The number of aliphatic carboxylic acids is 1. The van der Waals surface area contributed by atoms with E-state index in [4.69, 9.17) is 5.11 Å². The van der Waals surface area contributed by atoms with Crippen LogP contribution in [0.5, 0.6) is 0 Å². The summed E-state index contributed by atoms with van der Waals surface area (Å²) >= 11 is 3.41. The number of carbonyl (C=O) groups excluding carboxylic acids is 1. The van der Waals surface area contributed by atoms with Crippen LogP contribution in [0.4, 0.5) is 4.79 Å². The Kier molecular flexibility index (Phi) is 4.66. The molecular weight excluding hydrogens is 272 g/mol. The molecule has 2 atom stereocenters. The molecule has 2 saturated heterocycles. The highest BCUT2D eigenvalue weighted by Gasteiger charge is 2.37. The number of hydrogen-bond donors (Lipinski definition) is 1. The molecular formula is C11H18N2O3S2. The number of nitrogens with zero attached hydrogens (tertiary/aromatic N) is 2. The second kappa shape index (κ2) is 6.06. The van der Waals surface area contributed by atoms with Gasteiger partial charge < -0.3 is 14.9 Å². The summed E-state index contributed by atoms with van der Waals surface area (Å²) in [4.78, 5) is 26.7. The monoisotopic (exact) mass is 290 g/mol. The SMILES string of the molecule is CCC1CN(C(=O)N2CSC[C@H]2C(=O)O)CCS1. The molecule has 0 bridgehead atoms. The van der Waals surface area contributed by atoms with Crippen LogP contribution >= 0.6 is 23.5 Å². The highest BCUT2D eigenvalue weighted by Crippen LogP contribution is 2.26. The lowest BCUT2D eigenvalue weighted by Crippen LogP contribution is -2.52. The van der Waals surface area contributed by atoms with Crippen LogP contribution in [-0.2, 0) is 4.79 Å². The van der Waals surface area contributed by atoms with Crippen LogP contribution in [0.1, 0.15) is 13.3 Å². The summed E-state index contributed by atoms with van der Waals surface area (Å²) < 4.78 is 0. The smallest absolute Gasteiger partial charge is 0.327 e. The number of carbonyl (C=O) groups is 2. The zero-order chi connectivity index (χ0) is 13.1. The zero-order valence-electron chi connectivity index (χ0n) is 10.4. The van der Waals surface area contributed by atoms with Crippen LogP contribution in [0, 0.1) is 0 Å². The van der Waals surface area contributed by atoms with Crippen molar-refractivity contribution in [2.75, 3.05) is 30.5 Å². The van der Waals surface area contributed by atoms with Gasteiger partial charge in [-0.2, -0.15) is 11.8 Å². The number of urea groups is 1. The molecule has 0 aromatic heterocycles. The van der Waals surface area contributed by atoms with Gasteiger partial charge in [0, 0.05) is 29.8 Å². The molecule has 2 amide bonds. The average Bonchev–Trinajstić information content (AvgIpc) is 2.87. The summed E-state index contributed by atoms with van der Waals surface area (Å²) in [5, 5.41) is 9.59. The molecule has 2 heterocycles. The average molecular weight is 290 g/mol. The van der Waals surface area contributed by atoms with Crippen molar-refractivity contribution in [3.8, 4) is 0 Å². The minimum atomic E-state index is -0.897. The van der Waals surface area contributed by atoms with Crippen LogP contribution in [0.25, 0.3) is 0 Å². The van der Waals surface area contributed by atoms with E-state index < -0.39 is 12.0 Å². The topological polar surface area (TPSA) is 60.9 Å². The van der Waals surface area contributed by atoms with E-state index in [1.165, 1.54) is 16.7 Å². The number of hydrogen-bond acceptors (Lipinski definition) is 4. The first-order valence-electron chi connectivity index (χ1n) is 6.11. The van der Waals surface area contributed by atoms with E-state index in [1.807, 2.05) is 16.7 Å². The number of rotatable bonds is 2. The van der Waals surface area contributed by atoms with E-state index in [9.17, 15) is 9.59 Å². The number of thioether (sulfide) groups is 2. The van der Waals surface area contributed by atoms with Gasteiger partial charge in [0.05, 0.1) is 5.88 Å². The molecule has 0 saturated carbocycles. The van der Waals surface area contributed by atoms with Crippen molar-refractivity contribution in [2.45, 2.75) is 24.6 Å². The Morgan fingerprint density at radius 3 is 2.89 bits per heavy atom. The van der Waals surface area contributed by atoms with Crippen LogP contribution in [0.15, 0.2) is 0 Å². The van der Waals surface area contributed by atoms with E-state index >= 15 is 0 Å². The molecule has 7 heteroatoms. The number of carboxylic acids is 1. The first-order chi connectivity index (χ1) is 8.63. The van der Waals surface area contributed by atoms with Crippen LogP contribution in [0.3, 0.4) is 0 Å². The Balaban J connectivity index is 1.99. The first kappa shape index (κ1) is 13.9. The van der Waals surface area contributed by atoms with Crippen molar-refractivity contribution in [2.24, 2.45) is 0 Å². The Morgan fingerprint density at radius 2 is 2.22 bits per heavy atom. The van der Waals surface area contributed by atoms with E-state index in [2.05, 4.69) is 6.92 Å². The summed E-state index contributed by atoms with van der Waals surface area (Å²) in [6.07, 6.45) is 1.05. The molecule has 18 heavy (non-hydrogen) atoms. The Morgan fingerprint density at radius 1 is 1.44 bits per heavy atom. The standard InChI is InChI=1S/C11H18N2O3S2/c1-2-8-5-12(3-4-18-8)11(16)13-7-17-6-9(13)10(14)15/h8-9H,2-7H2,1H3,(H,14,15)/t8?,9-/m0/s1. The summed E-state index contributed by atoms with van der Waals surface area (Å²) in [6.45, 7) is 3.60. The summed E-state index contributed by atoms with van der Waals surface area (Å²) in [6, 6.07) is -0.761. The second-order valence-corrected chi connectivity index (χ2v) is 6.86. The molecule has 2 rings (SSSR count). The maximum atomic E-state index is 12.3. The lowest BCUT2D eigenvalue weighted by molar-refractivity contribution is -0.140. The number of amides is 2. The van der Waals surface area contributed by atoms with Gasteiger partial charge >= 0.3 is 12.0 Å². The zero-order valence-corrected chi connectivity index (χ0v) is 12.0. The van der Waals surface area contributed by atoms with E-state index in [1.54, 1.807) is 0 Å². The van der Waals surface area contributed by atoms with Crippen molar-refractivity contribution in [1.82, 2.24) is 9.80 Å². The molecule has 2 aliphatic rings. The van der Waals surface area contributed by atoms with Crippen molar-refractivity contribution >= 4 is 35.5 Å². The quantitative estimate of drug-likeness (QED) is 0.833.